The van der Waals surface area contributed by atoms with Gasteiger partial charge in [0.2, 0.25) is 0 Å². The van der Waals surface area contributed by atoms with E-state index in [2.05, 4.69) is 19.9 Å². The van der Waals surface area contributed by atoms with Gasteiger partial charge in [0, 0.05) is 11.6 Å². The van der Waals surface area contributed by atoms with Crippen LogP contribution in [0.15, 0.2) is 12.2 Å². The van der Waals surface area contributed by atoms with Gasteiger partial charge in [-0.15, -0.1) is 0 Å². The SMILES string of the molecule is CCC(C)/C=C\C(=N)C1CC1. The molecule has 1 nitrogen and oxygen atoms in total. The molecule has 0 aromatic heterocycles. The van der Waals surface area contributed by atoms with Crippen molar-refractivity contribution in [2.45, 2.75) is 33.1 Å². The summed E-state index contributed by atoms with van der Waals surface area (Å²) in [6.45, 7) is 4.37. The Hall–Kier alpha value is -0.590. The third-order valence-electron chi connectivity index (χ3n) is 2.27. The molecule has 0 aromatic rings. The number of rotatable bonds is 4. The average molecular weight is 151 g/mol. The van der Waals surface area contributed by atoms with Gasteiger partial charge in [0.05, 0.1) is 0 Å². The molecule has 1 aliphatic rings. The number of allylic oxidation sites excluding steroid dienone is 2. The number of nitrogens with one attached hydrogen (secondary N) is 1. The summed E-state index contributed by atoms with van der Waals surface area (Å²) in [5, 5.41) is 7.59. The minimum atomic E-state index is 0.607. The molecule has 1 atom stereocenters. The van der Waals surface area contributed by atoms with Crippen molar-refractivity contribution < 1.29 is 0 Å². The Morgan fingerprint density at radius 2 is 2.27 bits per heavy atom. The predicted octanol–water partition coefficient (Wildman–Crippen LogP) is 3.02. The van der Waals surface area contributed by atoms with Gasteiger partial charge in [0.25, 0.3) is 0 Å². The highest BCUT2D eigenvalue weighted by molar-refractivity contribution is 5.95. The first-order chi connectivity index (χ1) is 5.24. The second-order valence-corrected chi connectivity index (χ2v) is 3.47. The lowest BCUT2D eigenvalue weighted by Gasteiger charge is -1.99. The Balaban J connectivity index is 2.27. The summed E-state index contributed by atoms with van der Waals surface area (Å²) in [5.41, 5.74) is 0.838. The molecule has 1 saturated carbocycles. The van der Waals surface area contributed by atoms with Crippen LogP contribution in [0.2, 0.25) is 0 Å². The van der Waals surface area contributed by atoms with Crippen LogP contribution >= 0.6 is 0 Å². The van der Waals surface area contributed by atoms with Gasteiger partial charge in [-0.05, 0) is 24.8 Å². The molecule has 1 fully saturated rings. The van der Waals surface area contributed by atoms with E-state index in [0.29, 0.717) is 11.8 Å². The monoisotopic (exact) mass is 151 g/mol. The van der Waals surface area contributed by atoms with Crippen LogP contribution in [-0.2, 0) is 0 Å². The molecule has 1 rings (SSSR count). The largest absolute Gasteiger partial charge is 0.305 e. The third-order valence-corrected chi connectivity index (χ3v) is 2.27. The van der Waals surface area contributed by atoms with Crippen molar-refractivity contribution in [3.05, 3.63) is 12.2 Å². The molecule has 0 heterocycles. The van der Waals surface area contributed by atoms with Crippen LogP contribution in [0.1, 0.15) is 33.1 Å². The molecule has 0 amide bonds. The fourth-order valence-electron chi connectivity index (χ4n) is 0.934. The van der Waals surface area contributed by atoms with Gasteiger partial charge in [0.15, 0.2) is 0 Å². The average Bonchev–Trinajstić information content (AvgIpc) is 2.81. The van der Waals surface area contributed by atoms with E-state index in [0.717, 1.165) is 5.71 Å². The van der Waals surface area contributed by atoms with E-state index in [1.165, 1.54) is 19.3 Å². The van der Waals surface area contributed by atoms with Crippen LogP contribution in [0.5, 0.6) is 0 Å². The highest BCUT2D eigenvalue weighted by Gasteiger charge is 2.24. The molecule has 62 valence electrons. The molecule has 1 N–H and O–H groups in total. The molecule has 11 heavy (non-hydrogen) atoms. The topological polar surface area (TPSA) is 23.9 Å². The van der Waals surface area contributed by atoms with Crippen molar-refractivity contribution in [2.75, 3.05) is 0 Å². The standard InChI is InChI=1S/C10H17N/c1-3-8(2)4-7-10(11)9-5-6-9/h4,7-9,11H,3,5-6H2,1-2H3/b7-4-,11-10?. The number of hydrogen-bond donors (Lipinski definition) is 1. The highest BCUT2D eigenvalue weighted by atomic mass is 14.5. The van der Waals surface area contributed by atoms with Gasteiger partial charge in [-0.1, -0.05) is 26.3 Å². The summed E-state index contributed by atoms with van der Waals surface area (Å²) in [5.74, 6) is 1.24. The minimum Gasteiger partial charge on any atom is -0.305 e. The van der Waals surface area contributed by atoms with Crippen molar-refractivity contribution in [2.24, 2.45) is 11.8 Å². The van der Waals surface area contributed by atoms with E-state index in [4.69, 9.17) is 5.41 Å². The zero-order chi connectivity index (χ0) is 8.27. The Morgan fingerprint density at radius 3 is 2.73 bits per heavy atom. The minimum absolute atomic E-state index is 0.607. The van der Waals surface area contributed by atoms with E-state index in [1.807, 2.05) is 6.08 Å². The van der Waals surface area contributed by atoms with Crippen LogP contribution in [0, 0.1) is 17.2 Å². The van der Waals surface area contributed by atoms with E-state index in [1.54, 1.807) is 0 Å². The lowest BCUT2D eigenvalue weighted by atomic mass is 10.1. The Labute approximate surface area is 69.0 Å². The highest BCUT2D eigenvalue weighted by Crippen LogP contribution is 2.30. The maximum absolute atomic E-state index is 7.59. The summed E-state index contributed by atoms with van der Waals surface area (Å²) in [6.07, 6.45) is 7.80. The molecule has 1 unspecified atom stereocenters. The lowest BCUT2D eigenvalue weighted by Crippen LogP contribution is -1.94. The van der Waals surface area contributed by atoms with Crippen LogP contribution in [0.4, 0.5) is 0 Å². The molecule has 0 bridgehead atoms. The molecule has 0 saturated heterocycles. The van der Waals surface area contributed by atoms with Gasteiger partial charge in [0.1, 0.15) is 0 Å². The van der Waals surface area contributed by atoms with Gasteiger partial charge in [-0.2, -0.15) is 0 Å². The van der Waals surface area contributed by atoms with E-state index in [-0.39, 0.29) is 0 Å². The van der Waals surface area contributed by atoms with E-state index >= 15 is 0 Å². The first-order valence-electron chi connectivity index (χ1n) is 4.50. The molecule has 0 aromatic carbocycles. The molecule has 0 spiro atoms. The second-order valence-electron chi connectivity index (χ2n) is 3.47. The molecular formula is C10H17N. The third kappa shape index (κ3) is 2.87. The first-order valence-corrected chi connectivity index (χ1v) is 4.50. The molecule has 1 heteroatoms. The van der Waals surface area contributed by atoms with Crippen LogP contribution in [0.25, 0.3) is 0 Å². The van der Waals surface area contributed by atoms with Crippen molar-refractivity contribution in [3.63, 3.8) is 0 Å². The van der Waals surface area contributed by atoms with Gasteiger partial charge in [-0.25, -0.2) is 0 Å². The van der Waals surface area contributed by atoms with E-state index < -0.39 is 0 Å². The van der Waals surface area contributed by atoms with Crippen molar-refractivity contribution in [1.82, 2.24) is 0 Å². The molecule has 1 aliphatic carbocycles. The van der Waals surface area contributed by atoms with Crippen LogP contribution in [0.3, 0.4) is 0 Å². The smallest absolute Gasteiger partial charge is 0.0341 e. The van der Waals surface area contributed by atoms with Crippen LogP contribution < -0.4 is 0 Å². The molecule has 0 radical (unpaired) electrons. The molecule has 0 aliphatic heterocycles. The van der Waals surface area contributed by atoms with Crippen molar-refractivity contribution >= 4 is 5.71 Å². The van der Waals surface area contributed by atoms with Gasteiger partial charge in [-0.3, -0.25) is 0 Å². The Bertz CT molecular complexity index is 166. The summed E-state index contributed by atoms with van der Waals surface area (Å²) in [7, 11) is 0. The summed E-state index contributed by atoms with van der Waals surface area (Å²) in [4.78, 5) is 0. The quantitative estimate of drug-likeness (QED) is 0.597. The summed E-state index contributed by atoms with van der Waals surface area (Å²) >= 11 is 0. The predicted molar refractivity (Wildman–Crippen MR) is 49.0 cm³/mol. The summed E-state index contributed by atoms with van der Waals surface area (Å²) < 4.78 is 0. The van der Waals surface area contributed by atoms with Crippen molar-refractivity contribution in [3.8, 4) is 0 Å². The van der Waals surface area contributed by atoms with Gasteiger partial charge < -0.3 is 5.41 Å². The Kier molecular flexibility index (Phi) is 2.86. The maximum atomic E-state index is 7.59. The first kappa shape index (κ1) is 8.51. The maximum Gasteiger partial charge on any atom is 0.0341 e. The van der Waals surface area contributed by atoms with Crippen LogP contribution in [-0.4, -0.2) is 5.71 Å². The fourth-order valence-corrected chi connectivity index (χ4v) is 0.934. The Morgan fingerprint density at radius 1 is 1.64 bits per heavy atom. The second kappa shape index (κ2) is 3.70. The van der Waals surface area contributed by atoms with Gasteiger partial charge >= 0.3 is 0 Å². The molecular weight excluding hydrogens is 134 g/mol. The normalized spacial score (nSPS) is 20.5. The zero-order valence-electron chi connectivity index (χ0n) is 7.43. The zero-order valence-corrected chi connectivity index (χ0v) is 7.43. The summed E-state index contributed by atoms with van der Waals surface area (Å²) in [6, 6.07) is 0. The van der Waals surface area contributed by atoms with E-state index in [9.17, 15) is 0 Å². The number of hydrogen-bond acceptors (Lipinski definition) is 1. The lowest BCUT2D eigenvalue weighted by molar-refractivity contribution is 0.698. The van der Waals surface area contributed by atoms with Crippen molar-refractivity contribution in [1.29, 1.82) is 5.41 Å². The fraction of sp³-hybridized carbons (Fsp3) is 0.700.